The Kier molecular flexibility index (Phi) is 4.63. The Balaban J connectivity index is 1.61. The van der Waals surface area contributed by atoms with Crippen molar-refractivity contribution in [1.29, 1.82) is 0 Å². The van der Waals surface area contributed by atoms with Crippen LogP contribution in [0.2, 0.25) is 0 Å². The van der Waals surface area contributed by atoms with Gasteiger partial charge in [0.05, 0.1) is 12.4 Å². The average molecular weight is 322 g/mol. The number of anilines is 1. The third-order valence-corrected chi connectivity index (χ3v) is 4.16. The Morgan fingerprint density at radius 2 is 2.00 bits per heavy atom. The van der Waals surface area contributed by atoms with E-state index in [0.29, 0.717) is 17.2 Å². The quantitative estimate of drug-likeness (QED) is 0.517. The number of carboxylic acids is 1. The molecule has 23 heavy (non-hydrogen) atoms. The van der Waals surface area contributed by atoms with Crippen molar-refractivity contribution in [3.05, 3.63) is 18.2 Å². The number of benzene rings is 1. The number of carbonyl (C=O) groups excluding carboxylic acids is 2. The molecule has 1 saturated heterocycles. The van der Waals surface area contributed by atoms with Crippen molar-refractivity contribution in [1.82, 2.24) is 0 Å². The van der Waals surface area contributed by atoms with Gasteiger partial charge in [-0.3, -0.25) is 4.79 Å². The molecule has 0 unspecified atom stereocenters. The first kappa shape index (κ1) is 15.6. The van der Waals surface area contributed by atoms with E-state index >= 15 is 0 Å². The van der Waals surface area contributed by atoms with Gasteiger partial charge in [-0.25, -0.2) is 0 Å². The fraction of sp³-hybridized carbons (Fsp3) is 0.467. The third kappa shape index (κ3) is 3.72. The number of piperazine rings is 1. The lowest BCUT2D eigenvalue weighted by Crippen LogP contribution is -3.24. The minimum Gasteiger partial charge on any atom is -0.544 e. The van der Waals surface area contributed by atoms with E-state index in [1.165, 1.54) is 0 Å². The van der Waals surface area contributed by atoms with Crippen LogP contribution in [0.1, 0.15) is 6.42 Å². The molecule has 1 aromatic carbocycles. The molecule has 0 aromatic heterocycles. The van der Waals surface area contributed by atoms with Crippen LogP contribution in [0.15, 0.2) is 18.2 Å². The van der Waals surface area contributed by atoms with Gasteiger partial charge in [0.1, 0.15) is 32.2 Å². The predicted molar refractivity (Wildman–Crippen MR) is 77.0 cm³/mol. The molecule has 1 atom stereocenters. The molecule has 1 fully saturated rings. The molecular formula is C15H20N3O5+. The van der Waals surface area contributed by atoms with Crippen LogP contribution < -0.4 is 30.1 Å². The summed E-state index contributed by atoms with van der Waals surface area (Å²) in [4.78, 5) is 24.5. The summed E-state index contributed by atoms with van der Waals surface area (Å²) in [5.41, 5.74) is 0.554. The number of fused-ring (bicyclic) bond motifs is 1. The maximum atomic E-state index is 12.2. The lowest BCUT2D eigenvalue weighted by molar-refractivity contribution is -0.961. The van der Waals surface area contributed by atoms with Gasteiger partial charge in [0.2, 0.25) is 12.7 Å². The Labute approximate surface area is 133 Å². The second-order valence-corrected chi connectivity index (χ2v) is 5.72. The molecule has 4 N–H and O–H groups in total. The summed E-state index contributed by atoms with van der Waals surface area (Å²) >= 11 is 0. The third-order valence-electron chi connectivity index (χ3n) is 4.16. The van der Waals surface area contributed by atoms with Crippen LogP contribution in [0.3, 0.4) is 0 Å². The predicted octanol–water partition coefficient (Wildman–Crippen LogP) is -3.68. The van der Waals surface area contributed by atoms with Crippen molar-refractivity contribution >= 4 is 17.6 Å². The summed E-state index contributed by atoms with van der Waals surface area (Å²) in [6, 6.07) is 4.25. The number of ether oxygens (including phenoxy) is 2. The summed E-state index contributed by atoms with van der Waals surface area (Å²) in [5.74, 6) is -0.330. The van der Waals surface area contributed by atoms with Crippen LogP contribution in [-0.4, -0.2) is 50.9 Å². The highest BCUT2D eigenvalue weighted by molar-refractivity contribution is 5.93. The normalized spacial score (nSPS) is 18.4. The Hall–Kier alpha value is -2.32. The molecule has 0 bridgehead atoms. The SMILES string of the molecule is O=C(C[C@@H](C(=O)[O-])[NH+]1CC[NH2+]CC1)Nc1ccc2c(c1)OCO2. The van der Waals surface area contributed by atoms with Crippen LogP contribution in [0, 0.1) is 0 Å². The van der Waals surface area contributed by atoms with Crippen molar-refractivity contribution < 1.29 is 34.4 Å². The molecule has 1 amide bonds. The second kappa shape index (κ2) is 6.84. The van der Waals surface area contributed by atoms with Gasteiger partial charge in [0.25, 0.3) is 0 Å². The van der Waals surface area contributed by atoms with E-state index in [1.54, 1.807) is 18.2 Å². The van der Waals surface area contributed by atoms with Gasteiger partial charge in [-0.05, 0) is 12.1 Å². The fourth-order valence-corrected chi connectivity index (χ4v) is 2.96. The molecular weight excluding hydrogens is 302 g/mol. The summed E-state index contributed by atoms with van der Waals surface area (Å²) < 4.78 is 10.5. The highest BCUT2D eigenvalue weighted by atomic mass is 16.7. The van der Waals surface area contributed by atoms with Gasteiger partial charge in [-0.15, -0.1) is 0 Å². The largest absolute Gasteiger partial charge is 0.544 e. The smallest absolute Gasteiger partial charge is 0.231 e. The standard InChI is InChI=1S/C15H19N3O5/c19-14(8-11(15(20)21)18-5-3-16-4-6-18)17-10-1-2-12-13(7-10)23-9-22-12/h1-2,7,11,16H,3-6,8-9H2,(H,17,19)(H,20,21)/p+1/t11-/m0/s1. The number of nitrogens with one attached hydrogen (secondary N) is 2. The Morgan fingerprint density at radius 3 is 2.74 bits per heavy atom. The molecule has 2 aliphatic rings. The first-order valence-corrected chi connectivity index (χ1v) is 7.70. The molecule has 0 radical (unpaired) electrons. The molecule has 0 spiro atoms. The van der Waals surface area contributed by atoms with Crippen molar-refractivity contribution in [2.45, 2.75) is 12.5 Å². The Bertz CT molecular complexity index is 601. The number of hydrogen-bond acceptors (Lipinski definition) is 5. The Morgan fingerprint density at radius 1 is 1.26 bits per heavy atom. The second-order valence-electron chi connectivity index (χ2n) is 5.72. The number of aliphatic carboxylic acids is 1. The first-order chi connectivity index (χ1) is 11.1. The summed E-state index contributed by atoms with van der Waals surface area (Å²) in [6.07, 6.45) is -0.105. The lowest BCUT2D eigenvalue weighted by Gasteiger charge is -2.30. The summed E-state index contributed by atoms with van der Waals surface area (Å²) in [7, 11) is 0. The zero-order chi connectivity index (χ0) is 16.2. The number of carboxylic acid groups (broad SMARTS) is 1. The minimum atomic E-state index is -1.18. The molecule has 1 aromatic rings. The van der Waals surface area contributed by atoms with E-state index < -0.39 is 12.0 Å². The van der Waals surface area contributed by atoms with Crippen molar-refractivity contribution in [2.24, 2.45) is 0 Å². The van der Waals surface area contributed by atoms with E-state index in [-0.39, 0.29) is 19.1 Å². The highest BCUT2D eigenvalue weighted by Crippen LogP contribution is 2.34. The van der Waals surface area contributed by atoms with Gasteiger partial charge < -0.3 is 34.9 Å². The maximum Gasteiger partial charge on any atom is 0.231 e. The average Bonchev–Trinajstić information content (AvgIpc) is 3.01. The molecule has 0 saturated carbocycles. The van der Waals surface area contributed by atoms with Gasteiger partial charge in [-0.2, -0.15) is 0 Å². The maximum absolute atomic E-state index is 12.2. The first-order valence-electron chi connectivity index (χ1n) is 7.70. The van der Waals surface area contributed by atoms with Crippen molar-refractivity contribution in [2.75, 3.05) is 38.3 Å². The fourth-order valence-electron chi connectivity index (χ4n) is 2.96. The number of nitrogens with two attached hydrogens (primary N) is 1. The van der Waals surface area contributed by atoms with E-state index in [0.717, 1.165) is 31.1 Å². The topological polar surface area (TPSA) is 109 Å². The summed E-state index contributed by atoms with van der Waals surface area (Å²) in [5, 5.41) is 16.2. The van der Waals surface area contributed by atoms with E-state index in [4.69, 9.17) is 9.47 Å². The van der Waals surface area contributed by atoms with Crippen LogP contribution in [0.25, 0.3) is 0 Å². The van der Waals surface area contributed by atoms with Gasteiger partial charge in [0, 0.05) is 11.8 Å². The number of hydrogen-bond donors (Lipinski definition) is 3. The van der Waals surface area contributed by atoms with Crippen LogP contribution in [0.4, 0.5) is 5.69 Å². The molecule has 2 aliphatic heterocycles. The highest BCUT2D eigenvalue weighted by Gasteiger charge is 2.29. The van der Waals surface area contributed by atoms with Crippen LogP contribution >= 0.6 is 0 Å². The molecule has 124 valence electrons. The van der Waals surface area contributed by atoms with Gasteiger partial charge in [0.15, 0.2) is 11.5 Å². The minimum absolute atomic E-state index is 0.105. The van der Waals surface area contributed by atoms with Crippen LogP contribution in [-0.2, 0) is 9.59 Å². The number of carbonyl (C=O) groups is 2. The molecule has 0 aliphatic carbocycles. The lowest BCUT2D eigenvalue weighted by atomic mass is 10.1. The molecule has 2 heterocycles. The molecule has 3 rings (SSSR count). The van der Waals surface area contributed by atoms with Crippen molar-refractivity contribution in [3.63, 3.8) is 0 Å². The molecule has 8 nitrogen and oxygen atoms in total. The zero-order valence-electron chi connectivity index (χ0n) is 12.7. The number of quaternary nitrogens is 2. The monoisotopic (exact) mass is 322 g/mol. The number of rotatable bonds is 5. The number of amides is 1. The zero-order valence-corrected chi connectivity index (χ0v) is 12.7. The summed E-state index contributed by atoms with van der Waals surface area (Å²) in [6.45, 7) is 3.33. The van der Waals surface area contributed by atoms with E-state index in [1.807, 2.05) is 0 Å². The van der Waals surface area contributed by atoms with Crippen LogP contribution in [0.5, 0.6) is 11.5 Å². The van der Waals surface area contributed by atoms with Gasteiger partial charge >= 0.3 is 0 Å². The van der Waals surface area contributed by atoms with Crippen molar-refractivity contribution in [3.8, 4) is 11.5 Å². The van der Waals surface area contributed by atoms with Gasteiger partial charge in [-0.1, -0.05) is 0 Å². The molecule has 8 heteroatoms. The van der Waals surface area contributed by atoms with E-state index in [2.05, 4.69) is 10.6 Å². The van der Waals surface area contributed by atoms with E-state index in [9.17, 15) is 14.7 Å².